The van der Waals surface area contributed by atoms with Crippen molar-refractivity contribution < 1.29 is 37.0 Å². The van der Waals surface area contributed by atoms with Crippen LogP contribution in [-0.4, -0.2) is 41.4 Å². The third-order valence-electron chi connectivity index (χ3n) is 5.66. The third-order valence-corrected chi connectivity index (χ3v) is 5.66. The fourth-order valence-electron chi connectivity index (χ4n) is 3.73. The van der Waals surface area contributed by atoms with E-state index in [9.17, 15) is 22.8 Å². The summed E-state index contributed by atoms with van der Waals surface area (Å²) in [6.45, 7) is -0.117. The standard InChI is InChI=1S/C29H24F3N3O5/c1-38-28(37)25(14-19-10-12-21(13-11-19)20-6-3-2-4-7-20)35-27(36)26-17-33-22(16-34-26)18-39-23-8-5-9-24(15-23)40-29(30,31)32/h2-13,15-17,25H,14,18H2,1H3,(H,35,36). The SMILES string of the molecule is COC(=O)C(Cc1ccc(-c2ccccc2)cc1)NC(=O)c1cnc(COc2cccc(OC(F)(F)F)c2)cn1. The highest BCUT2D eigenvalue weighted by Crippen LogP contribution is 2.26. The summed E-state index contributed by atoms with van der Waals surface area (Å²) in [7, 11) is 1.24. The zero-order valence-corrected chi connectivity index (χ0v) is 21.2. The summed E-state index contributed by atoms with van der Waals surface area (Å²) in [5.74, 6) is -1.54. The summed E-state index contributed by atoms with van der Waals surface area (Å²) in [6, 6.07) is 21.5. The molecule has 1 aromatic heterocycles. The minimum absolute atomic E-state index is 0.0438. The van der Waals surface area contributed by atoms with Gasteiger partial charge in [-0.1, -0.05) is 60.7 Å². The van der Waals surface area contributed by atoms with Gasteiger partial charge in [0.25, 0.3) is 5.91 Å². The van der Waals surface area contributed by atoms with Gasteiger partial charge in [-0.15, -0.1) is 13.2 Å². The van der Waals surface area contributed by atoms with Crippen LogP contribution >= 0.6 is 0 Å². The lowest BCUT2D eigenvalue weighted by atomic mass is 10.0. The van der Waals surface area contributed by atoms with E-state index in [1.165, 1.54) is 31.6 Å². The van der Waals surface area contributed by atoms with Crippen molar-refractivity contribution >= 4 is 11.9 Å². The summed E-state index contributed by atoms with van der Waals surface area (Å²) in [5.41, 5.74) is 3.17. The Kier molecular flexibility index (Phi) is 8.95. The van der Waals surface area contributed by atoms with E-state index in [4.69, 9.17) is 9.47 Å². The average Bonchev–Trinajstić information content (AvgIpc) is 2.95. The van der Waals surface area contributed by atoms with Crippen molar-refractivity contribution in [2.45, 2.75) is 25.4 Å². The van der Waals surface area contributed by atoms with Gasteiger partial charge < -0.3 is 19.5 Å². The monoisotopic (exact) mass is 551 g/mol. The maximum absolute atomic E-state index is 12.8. The molecule has 1 heterocycles. The largest absolute Gasteiger partial charge is 0.573 e. The number of ether oxygens (including phenoxy) is 3. The molecule has 0 radical (unpaired) electrons. The number of halogens is 3. The lowest BCUT2D eigenvalue weighted by Gasteiger charge is -2.16. The van der Waals surface area contributed by atoms with E-state index in [0.717, 1.165) is 28.8 Å². The van der Waals surface area contributed by atoms with E-state index in [2.05, 4.69) is 20.0 Å². The van der Waals surface area contributed by atoms with Gasteiger partial charge in [-0.3, -0.25) is 9.78 Å². The van der Waals surface area contributed by atoms with E-state index in [0.29, 0.717) is 5.69 Å². The summed E-state index contributed by atoms with van der Waals surface area (Å²) in [5, 5.41) is 2.63. The van der Waals surface area contributed by atoms with Gasteiger partial charge >= 0.3 is 12.3 Å². The van der Waals surface area contributed by atoms with Crippen molar-refractivity contribution in [2.24, 2.45) is 0 Å². The van der Waals surface area contributed by atoms with Crippen molar-refractivity contribution in [2.75, 3.05) is 7.11 Å². The molecule has 1 N–H and O–H groups in total. The van der Waals surface area contributed by atoms with Crippen LogP contribution in [0, 0.1) is 0 Å². The van der Waals surface area contributed by atoms with Crippen molar-refractivity contribution in [1.82, 2.24) is 15.3 Å². The molecule has 4 rings (SSSR count). The first kappa shape index (κ1) is 28.1. The number of rotatable bonds is 10. The van der Waals surface area contributed by atoms with Gasteiger partial charge in [0, 0.05) is 12.5 Å². The molecule has 1 amide bonds. The second-order valence-corrected chi connectivity index (χ2v) is 8.52. The van der Waals surface area contributed by atoms with Gasteiger partial charge in [-0.25, -0.2) is 9.78 Å². The average molecular weight is 552 g/mol. The molecule has 1 atom stereocenters. The number of methoxy groups -OCH3 is 1. The summed E-state index contributed by atoms with van der Waals surface area (Å²) in [6.07, 6.45) is -2.12. The van der Waals surface area contributed by atoms with Gasteiger partial charge in [0.05, 0.1) is 25.2 Å². The number of alkyl halides is 3. The minimum atomic E-state index is -4.82. The smallest absolute Gasteiger partial charge is 0.487 e. The molecule has 0 fully saturated rings. The lowest BCUT2D eigenvalue weighted by Crippen LogP contribution is -2.43. The minimum Gasteiger partial charge on any atom is -0.487 e. The van der Waals surface area contributed by atoms with Crippen LogP contribution < -0.4 is 14.8 Å². The molecule has 206 valence electrons. The summed E-state index contributed by atoms with van der Waals surface area (Å²) >= 11 is 0. The second kappa shape index (κ2) is 12.7. The molecule has 11 heteroatoms. The van der Waals surface area contributed by atoms with Crippen LogP contribution in [0.3, 0.4) is 0 Å². The number of benzene rings is 3. The Balaban J connectivity index is 1.35. The molecule has 0 spiro atoms. The number of aromatic nitrogens is 2. The Morgan fingerprint density at radius 3 is 2.23 bits per heavy atom. The molecule has 8 nitrogen and oxygen atoms in total. The Morgan fingerprint density at radius 1 is 0.875 bits per heavy atom. The van der Waals surface area contributed by atoms with Crippen molar-refractivity contribution in [1.29, 1.82) is 0 Å². The molecule has 0 saturated heterocycles. The quantitative estimate of drug-likeness (QED) is 0.273. The van der Waals surface area contributed by atoms with Crippen molar-refractivity contribution in [3.8, 4) is 22.6 Å². The fraction of sp³-hybridized carbons (Fsp3) is 0.172. The molecule has 0 aliphatic heterocycles. The van der Waals surface area contributed by atoms with Crippen LogP contribution in [0.4, 0.5) is 13.2 Å². The number of nitrogens with zero attached hydrogens (tertiary/aromatic N) is 2. The van der Waals surface area contributed by atoms with Crippen LogP contribution in [0.25, 0.3) is 11.1 Å². The molecule has 0 aliphatic rings. The van der Waals surface area contributed by atoms with E-state index < -0.39 is 30.0 Å². The molecule has 0 aliphatic carbocycles. The van der Waals surface area contributed by atoms with Crippen LogP contribution in [-0.2, 0) is 22.6 Å². The Bertz CT molecular complexity index is 1430. The van der Waals surface area contributed by atoms with E-state index in [-0.39, 0.29) is 24.5 Å². The molecule has 40 heavy (non-hydrogen) atoms. The lowest BCUT2D eigenvalue weighted by molar-refractivity contribution is -0.274. The second-order valence-electron chi connectivity index (χ2n) is 8.52. The number of hydrogen-bond acceptors (Lipinski definition) is 7. The number of carbonyl (C=O) groups is 2. The van der Waals surface area contributed by atoms with Gasteiger partial charge in [0.1, 0.15) is 29.8 Å². The van der Waals surface area contributed by atoms with E-state index in [1.807, 2.05) is 54.6 Å². The molecular formula is C29H24F3N3O5. The molecular weight excluding hydrogens is 527 g/mol. The first-order chi connectivity index (χ1) is 19.2. The van der Waals surface area contributed by atoms with E-state index in [1.54, 1.807) is 0 Å². The van der Waals surface area contributed by atoms with Gasteiger partial charge in [0.15, 0.2) is 0 Å². The van der Waals surface area contributed by atoms with Crippen LogP contribution in [0.1, 0.15) is 21.7 Å². The highest BCUT2D eigenvalue weighted by atomic mass is 19.4. The zero-order chi connectivity index (χ0) is 28.5. The van der Waals surface area contributed by atoms with Crippen molar-refractivity contribution in [3.05, 3.63) is 108 Å². The number of carbonyl (C=O) groups excluding carboxylic acids is 2. The Hall–Kier alpha value is -4.93. The zero-order valence-electron chi connectivity index (χ0n) is 21.2. The maximum Gasteiger partial charge on any atom is 0.573 e. The number of hydrogen-bond donors (Lipinski definition) is 1. The predicted molar refractivity (Wildman–Crippen MR) is 138 cm³/mol. The Morgan fingerprint density at radius 2 is 1.57 bits per heavy atom. The van der Waals surface area contributed by atoms with Gasteiger partial charge in [-0.05, 0) is 28.8 Å². The van der Waals surface area contributed by atoms with Crippen LogP contribution in [0.15, 0.2) is 91.3 Å². The number of esters is 1. The molecule has 4 aromatic rings. The molecule has 0 saturated carbocycles. The topological polar surface area (TPSA) is 99.6 Å². The van der Waals surface area contributed by atoms with Crippen LogP contribution in [0.2, 0.25) is 0 Å². The van der Waals surface area contributed by atoms with Crippen molar-refractivity contribution in [3.63, 3.8) is 0 Å². The third kappa shape index (κ3) is 8.03. The highest BCUT2D eigenvalue weighted by Gasteiger charge is 2.31. The number of nitrogens with one attached hydrogen (secondary N) is 1. The van der Waals surface area contributed by atoms with E-state index >= 15 is 0 Å². The van der Waals surface area contributed by atoms with Crippen LogP contribution in [0.5, 0.6) is 11.5 Å². The maximum atomic E-state index is 12.8. The first-order valence-electron chi connectivity index (χ1n) is 12.0. The molecule has 0 bridgehead atoms. The first-order valence-corrected chi connectivity index (χ1v) is 12.0. The predicted octanol–water partition coefficient (Wildman–Crippen LogP) is 5.14. The summed E-state index contributed by atoms with van der Waals surface area (Å²) in [4.78, 5) is 33.4. The normalized spacial score (nSPS) is 11.8. The summed E-state index contributed by atoms with van der Waals surface area (Å²) < 4.78 is 51.4. The fourth-order valence-corrected chi connectivity index (χ4v) is 3.73. The van der Waals surface area contributed by atoms with Gasteiger partial charge in [0.2, 0.25) is 0 Å². The molecule has 1 unspecified atom stereocenters. The number of amides is 1. The van der Waals surface area contributed by atoms with Gasteiger partial charge in [-0.2, -0.15) is 0 Å². The highest BCUT2D eigenvalue weighted by molar-refractivity contribution is 5.95. The Labute approximate surface area is 227 Å². The molecule has 3 aromatic carbocycles.